The van der Waals surface area contributed by atoms with Gasteiger partial charge in [-0.05, 0) is 31.2 Å². The van der Waals surface area contributed by atoms with Crippen LogP contribution < -0.4 is 5.32 Å². The third-order valence-electron chi connectivity index (χ3n) is 3.83. The molecule has 0 aromatic rings. The molecule has 1 aliphatic heterocycles. The Labute approximate surface area is 95.4 Å². The summed E-state index contributed by atoms with van der Waals surface area (Å²) in [6.07, 6.45) is 2.59. The van der Waals surface area contributed by atoms with Crippen molar-refractivity contribution in [1.82, 2.24) is 10.2 Å². The van der Waals surface area contributed by atoms with E-state index in [2.05, 4.69) is 37.9 Å². The van der Waals surface area contributed by atoms with E-state index in [0.717, 1.165) is 17.9 Å². The van der Waals surface area contributed by atoms with Gasteiger partial charge < -0.3 is 10.2 Å². The van der Waals surface area contributed by atoms with Gasteiger partial charge in [0.2, 0.25) is 0 Å². The van der Waals surface area contributed by atoms with Crippen LogP contribution in [0.1, 0.15) is 40.5 Å². The lowest BCUT2D eigenvalue weighted by molar-refractivity contribution is 0.221. The zero-order valence-electron chi connectivity index (χ0n) is 10.9. The van der Waals surface area contributed by atoms with Gasteiger partial charge in [0.05, 0.1) is 0 Å². The molecule has 1 heterocycles. The van der Waals surface area contributed by atoms with E-state index in [0.29, 0.717) is 0 Å². The first kappa shape index (κ1) is 13.0. The number of rotatable bonds is 4. The summed E-state index contributed by atoms with van der Waals surface area (Å²) in [6, 6.07) is 0.754. The first-order chi connectivity index (χ1) is 7.13. The molecular weight excluding hydrogens is 184 g/mol. The minimum atomic E-state index is 0.754. The fourth-order valence-corrected chi connectivity index (χ4v) is 2.13. The molecule has 1 aliphatic rings. The zero-order chi connectivity index (χ0) is 11.3. The highest BCUT2D eigenvalue weighted by atomic mass is 15.2. The molecule has 0 aliphatic carbocycles. The lowest BCUT2D eigenvalue weighted by atomic mass is 9.97. The summed E-state index contributed by atoms with van der Waals surface area (Å²) >= 11 is 0. The Morgan fingerprint density at radius 1 is 1.27 bits per heavy atom. The molecule has 0 bridgehead atoms. The van der Waals surface area contributed by atoms with Gasteiger partial charge in [-0.2, -0.15) is 0 Å². The molecule has 0 saturated carbocycles. The molecule has 0 radical (unpaired) electrons. The smallest absolute Gasteiger partial charge is 0.0107 e. The van der Waals surface area contributed by atoms with Gasteiger partial charge in [-0.15, -0.1) is 0 Å². The van der Waals surface area contributed by atoms with E-state index in [1.54, 1.807) is 0 Å². The van der Waals surface area contributed by atoms with E-state index in [1.807, 2.05) is 0 Å². The van der Waals surface area contributed by atoms with Gasteiger partial charge in [0.25, 0.3) is 0 Å². The lowest BCUT2D eigenvalue weighted by Crippen LogP contribution is -2.33. The lowest BCUT2D eigenvalue weighted by Gasteiger charge is -2.25. The third kappa shape index (κ3) is 4.52. The topological polar surface area (TPSA) is 15.3 Å². The van der Waals surface area contributed by atoms with Crippen molar-refractivity contribution >= 4 is 0 Å². The molecule has 1 N–H and O–H groups in total. The quantitative estimate of drug-likeness (QED) is 0.769. The van der Waals surface area contributed by atoms with E-state index in [1.165, 1.54) is 39.0 Å². The van der Waals surface area contributed by atoms with Gasteiger partial charge in [0.1, 0.15) is 0 Å². The van der Waals surface area contributed by atoms with Gasteiger partial charge in [0.15, 0.2) is 0 Å². The maximum absolute atomic E-state index is 3.62. The van der Waals surface area contributed by atoms with E-state index in [9.17, 15) is 0 Å². The average Bonchev–Trinajstić information content (AvgIpc) is 2.43. The van der Waals surface area contributed by atoms with Gasteiger partial charge in [-0.25, -0.2) is 0 Å². The van der Waals surface area contributed by atoms with E-state index in [-0.39, 0.29) is 0 Å². The monoisotopic (exact) mass is 212 g/mol. The van der Waals surface area contributed by atoms with Crippen LogP contribution in [0.25, 0.3) is 0 Å². The summed E-state index contributed by atoms with van der Waals surface area (Å²) in [5.74, 6) is 1.63. The first-order valence-corrected chi connectivity index (χ1v) is 6.59. The molecule has 2 heteroatoms. The standard InChI is InChI=1S/C13H28N2/c1-5-13-6-8-15(9-7-14-13)10-12(4)11(2)3/h11-14H,5-10H2,1-4H3. The molecule has 2 nitrogen and oxygen atoms in total. The van der Waals surface area contributed by atoms with Gasteiger partial charge in [-0.1, -0.05) is 27.7 Å². The molecular formula is C13H28N2. The van der Waals surface area contributed by atoms with Crippen molar-refractivity contribution in [3.05, 3.63) is 0 Å². The van der Waals surface area contributed by atoms with Crippen molar-refractivity contribution in [2.24, 2.45) is 11.8 Å². The van der Waals surface area contributed by atoms with Crippen LogP contribution in [0.15, 0.2) is 0 Å². The van der Waals surface area contributed by atoms with Crippen LogP contribution in [-0.4, -0.2) is 37.1 Å². The van der Waals surface area contributed by atoms with Crippen LogP contribution in [0.2, 0.25) is 0 Å². The SMILES string of the molecule is CCC1CCN(CC(C)C(C)C)CCN1. The highest BCUT2D eigenvalue weighted by molar-refractivity contribution is 4.75. The summed E-state index contributed by atoms with van der Waals surface area (Å²) in [6.45, 7) is 14.3. The molecule has 1 saturated heterocycles. The van der Waals surface area contributed by atoms with Crippen molar-refractivity contribution in [2.75, 3.05) is 26.2 Å². The fourth-order valence-electron chi connectivity index (χ4n) is 2.13. The molecule has 0 amide bonds. The first-order valence-electron chi connectivity index (χ1n) is 6.59. The number of nitrogens with one attached hydrogen (secondary N) is 1. The fraction of sp³-hybridized carbons (Fsp3) is 1.00. The van der Waals surface area contributed by atoms with Crippen LogP contribution in [-0.2, 0) is 0 Å². The van der Waals surface area contributed by atoms with E-state index >= 15 is 0 Å². The Balaban J connectivity index is 2.31. The van der Waals surface area contributed by atoms with Gasteiger partial charge >= 0.3 is 0 Å². The Morgan fingerprint density at radius 3 is 2.60 bits per heavy atom. The highest BCUT2D eigenvalue weighted by Gasteiger charge is 2.17. The van der Waals surface area contributed by atoms with Crippen molar-refractivity contribution in [1.29, 1.82) is 0 Å². The Morgan fingerprint density at radius 2 is 2.00 bits per heavy atom. The predicted molar refractivity (Wildman–Crippen MR) is 67.1 cm³/mol. The van der Waals surface area contributed by atoms with E-state index in [4.69, 9.17) is 0 Å². The molecule has 2 atom stereocenters. The highest BCUT2D eigenvalue weighted by Crippen LogP contribution is 2.13. The molecule has 1 rings (SSSR count). The number of nitrogens with zero attached hydrogens (tertiary/aromatic N) is 1. The molecule has 2 unspecified atom stereocenters. The Bertz CT molecular complexity index is 168. The Hall–Kier alpha value is -0.0800. The zero-order valence-corrected chi connectivity index (χ0v) is 10.9. The summed E-state index contributed by atoms with van der Waals surface area (Å²) in [4.78, 5) is 2.63. The normalized spacial score (nSPS) is 26.6. The minimum Gasteiger partial charge on any atom is -0.313 e. The summed E-state index contributed by atoms with van der Waals surface area (Å²) in [5, 5.41) is 3.62. The molecule has 0 aromatic heterocycles. The largest absolute Gasteiger partial charge is 0.313 e. The van der Waals surface area contributed by atoms with Gasteiger partial charge in [-0.3, -0.25) is 0 Å². The third-order valence-corrected chi connectivity index (χ3v) is 3.83. The van der Waals surface area contributed by atoms with Crippen LogP contribution in [0.4, 0.5) is 0 Å². The van der Waals surface area contributed by atoms with Crippen LogP contribution in [0, 0.1) is 11.8 Å². The Kier molecular flexibility index (Phi) is 5.62. The van der Waals surface area contributed by atoms with Crippen LogP contribution >= 0.6 is 0 Å². The number of hydrogen-bond acceptors (Lipinski definition) is 2. The van der Waals surface area contributed by atoms with Crippen LogP contribution in [0.3, 0.4) is 0 Å². The predicted octanol–water partition coefficient (Wildman–Crippen LogP) is 2.35. The molecule has 90 valence electrons. The molecule has 0 spiro atoms. The van der Waals surface area contributed by atoms with Crippen molar-refractivity contribution in [2.45, 2.75) is 46.6 Å². The van der Waals surface area contributed by atoms with Gasteiger partial charge in [0, 0.05) is 25.7 Å². The van der Waals surface area contributed by atoms with Crippen LogP contribution in [0.5, 0.6) is 0 Å². The maximum atomic E-state index is 3.62. The molecule has 0 aromatic carbocycles. The molecule has 15 heavy (non-hydrogen) atoms. The summed E-state index contributed by atoms with van der Waals surface area (Å²) in [5.41, 5.74) is 0. The van der Waals surface area contributed by atoms with Crippen molar-refractivity contribution in [3.8, 4) is 0 Å². The second kappa shape index (κ2) is 6.49. The second-order valence-corrected chi connectivity index (χ2v) is 5.37. The summed E-state index contributed by atoms with van der Waals surface area (Å²) < 4.78 is 0. The maximum Gasteiger partial charge on any atom is 0.0107 e. The minimum absolute atomic E-state index is 0.754. The van der Waals surface area contributed by atoms with Crippen molar-refractivity contribution in [3.63, 3.8) is 0 Å². The molecule has 1 fully saturated rings. The van der Waals surface area contributed by atoms with E-state index < -0.39 is 0 Å². The van der Waals surface area contributed by atoms with Crippen molar-refractivity contribution < 1.29 is 0 Å². The average molecular weight is 212 g/mol. The number of hydrogen-bond donors (Lipinski definition) is 1. The summed E-state index contributed by atoms with van der Waals surface area (Å²) in [7, 11) is 0. The second-order valence-electron chi connectivity index (χ2n) is 5.37.